The van der Waals surface area contributed by atoms with Crippen molar-refractivity contribution in [2.75, 3.05) is 6.61 Å². The summed E-state index contributed by atoms with van der Waals surface area (Å²) in [7, 11) is 0. The van der Waals surface area contributed by atoms with Gasteiger partial charge in [-0.1, -0.05) is 42.5 Å². The van der Waals surface area contributed by atoms with E-state index in [2.05, 4.69) is 4.98 Å². The van der Waals surface area contributed by atoms with Gasteiger partial charge in [-0.05, 0) is 24.1 Å². The van der Waals surface area contributed by atoms with E-state index in [1.54, 1.807) is 12.1 Å². The number of para-hydroxylation sites is 1. The Kier molecular flexibility index (Phi) is 3.80. The Morgan fingerprint density at radius 1 is 1.12 bits per heavy atom. The summed E-state index contributed by atoms with van der Waals surface area (Å²) in [6.07, 6.45) is 0.626. The molecule has 1 fully saturated rings. The Bertz CT molecular complexity index is 1070. The van der Waals surface area contributed by atoms with Crippen molar-refractivity contribution in [3.8, 4) is 0 Å². The molecular weight excluding hydrogens is 332 g/mol. The van der Waals surface area contributed by atoms with E-state index in [4.69, 9.17) is 4.74 Å². The zero-order valence-electron chi connectivity index (χ0n) is 14.1. The molecule has 0 aliphatic carbocycles. The van der Waals surface area contributed by atoms with Gasteiger partial charge in [-0.25, -0.2) is 9.69 Å². The third-order valence-electron chi connectivity index (χ3n) is 4.63. The normalized spacial score (nSPS) is 16.7. The summed E-state index contributed by atoms with van der Waals surface area (Å²) in [4.78, 5) is 42.0. The van der Waals surface area contributed by atoms with Crippen molar-refractivity contribution < 1.29 is 14.3 Å². The molecule has 1 N–H and O–H groups in total. The van der Waals surface area contributed by atoms with Crippen LogP contribution < -0.4 is 5.43 Å². The minimum absolute atomic E-state index is 0.0686. The van der Waals surface area contributed by atoms with Crippen LogP contribution in [0, 0.1) is 6.92 Å². The van der Waals surface area contributed by atoms with E-state index < -0.39 is 23.5 Å². The lowest BCUT2D eigenvalue weighted by atomic mass is 10.0. The molecule has 2 amide bonds. The predicted octanol–water partition coefficient (Wildman–Crippen LogP) is 3.17. The molecule has 2 heterocycles. The number of imide groups is 1. The fraction of sp³-hybridized carbons (Fsp3) is 0.150. The Balaban J connectivity index is 1.79. The van der Waals surface area contributed by atoms with Crippen LogP contribution in [0.2, 0.25) is 0 Å². The van der Waals surface area contributed by atoms with Crippen LogP contribution in [-0.2, 0) is 4.74 Å². The molecule has 0 saturated carbocycles. The molecule has 0 radical (unpaired) electrons. The third kappa shape index (κ3) is 2.47. The average molecular weight is 348 g/mol. The van der Waals surface area contributed by atoms with Gasteiger partial charge in [-0.3, -0.25) is 9.59 Å². The summed E-state index contributed by atoms with van der Waals surface area (Å²) in [6.45, 7) is 1.95. The number of ether oxygens (including phenoxy) is 1. The maximum absolute atomic E-state index is 13.0. The fourth-order valence-corrected chi connectivity index (χ4v) is 3.26. The molecule has 26 heavy (non-hydrogen) atoms. The predicted molar refractivity (Wildman–Crippen MR) is 96.0 cm³/mol. The number of hydrogen-bond donors (Lipinski definition) is 1. The van der Waals surface area contributed by atoms with Crippen molar-refractivity contribution in [2.24, 2.45) is 0 Å². The minimum Gasteiger partial charge on any atom is -0.446 e. The van der Waals surface area contributed by atoms with Gasteiger partial charge in [-0.15, -0.1) is 0 Å². The van der Waals surface area contributed by atoms with Crippen molar-refractivity contribution in [1.29, 1.82) is 0 Å². The smallest absolute Gasteiger partial charge is 0.417 e. The van der Waals surface area contributed by atoms with E-state index in [0.29, 0.717) is 10.9 Å². The summed E-state index contributed by atoms with van der Waals surface area (Å²) in [5.74, 6) is -0.661. The van der Waals surface area contributed by atoms with Gasteiger partial charge in [0.05, 0.1) is 5.52 Å². The third-order valence-corrected chi connectivity index (χ3v) is 4.63. The molecule has 1 aliphatic heterocycles. The number of pyridine rings is 1. The van der Waals surface area contributed by atoms with Gasteiger partial charge in [0.1, 0.15) is 18.2 Å². The number of rotatable bonds is 2. The molecule has 2 aromatic carbocycles. The fourth-order valence-electron chi connectivity index (χ4n) is 3.26. The number of carbonyl (C=O) groups excluding carboxylic acids is 2. The van der Waals surface area contributed by atoms with E-state index in [0.717, 1.165) is 16.0 Å². The molecule has 1 aromatic heterocycles. The number of amides is 2. The van der Waals surface area contributed by atoms with Crippen LogP contribution >= 0.6 is 0 Å². The van der Waals surface area contributed by atoms with Crippen LogP contribution in [0.3, 0.4) is 0 Å². The molecular formula is C20H16N2O4. The second-order valence-corrected chi connectivity index (χ2v) is 6.21. The Morgan fingerprint density at radius 3 is 2.65 bits per heavy atom. The average Bonchev–Trinajstić information content (AvgIpc) is 3.04. The molecule has 1 saturated heterocycles. The minimum atomic E-state index is -0.743. The summed E-state index contributed by atoms with van der Waals surface area (Å²) in [5, 5.41) is 0.416. The van der Waals surface area contributed by atoms with Crippen molar-refractivity contribution in [3.63, 3.8) is 0 Å². The van der Waals surface area contributed by atoms with Gasteiger partial charge in [-0.2, -0.15) is 0 Å². The monoisotopic (exact) mass is 348 g/mol. The summed E-state index contributed by atoms with van der Waals surface area (Å²) >= 11 is 0. The Morgan fingerprint density at radius 2 is 1.88 bits per heavy atom. The van der Waals surface area contributed by atoms with E-state index in [1.165, 1.54) is 6.20 Å². The molecule has 0 spiro atoms. The highest BCUT2D eigenvalue weighted by Crippen LogP contribution is 2.29. The van der Waals surface area contributed by atoms with E-state index >= 15 is 0 Å². The highest BCUT2D eigenvalue weighted by molar-refractivity contribution is 6.05. The number of carbonyl (C=O) groups is 2. The second-order valence-electron chi connectivity index (χ2n) is 6.21. The van der Waals surface area contributed by atoms with Gasteiger partial charge in [0, 0.05) is 11.6 Å². The van der Waals surface area contributed by atoms with Gasteiger partial charge >= 0.3 is 6.09 Å². The zero-order valence-corrected chi connectivity index (χ0v) is 14.1. The quantitative estimate of drug-likeness (QED) is 0.771. The van der Waals surface area contributed by atoms with Gasteiger partial charge < -0.3 is 9.72 Å². The van der Waals surface area contributed by atoms with Crippen LogP contribution in [0.25, 0.3) is 10.9 Å². The lowest BCUT2D eigenvalue weighted by Gasteiger charge is -2.19. The maximum atomic E-state index is 13.0. The van der Waals surface area contributed by atoms with Crippen molar-refractivity contribution in [1.82, 2.24) is 9.88 Å². The summed E-state index contributed by atoms with van der Waals surface area (Å²) < 4.78 is 5.08. The molecule has 1 unspecified atom stereocenters. The summed E-state index contributed by atoms with van der Waals surface area (Å²) in [5.41, 5.74) is 1.88. The first-order chi connectivity index (χ1) is 12.6. The van der Waals surface area contributed by atoms with E-state index in [9.17, 15) is 14.4 Å². The maximum Gasteiger partial charge on any atom is 0.417 e. The molecule has 1 aliphatic rings. The molecule has 4 rings (SSSR count). The number of nitrogens with one attached hydrogen (secondary N) is 1. The number of H-pyrrole nitrogens is 1. The lowest BCUT2D eigenvalue weighted by molar-refractivity contribution is 0.0772. The van der Waals surface area contributed by atoms with Gasteiger partial charge in [0.25, 0.3) is 5.91 Å². The SMILES string of the molecule is Cc1cccc2c(=O)c(C(=O)N3C(=O)OCC3c3ccccc3)c[nH]c12. The number of nitrogens with zero attached hydrogens (tertiary/aromatic N) is 1. The summed E-state index contributed by atoms with van der Waals surface area (Å²) in [6, 6.07) is 13.9. The van der Waals surface area contributed by atoms with E-state index in [-0.39, 0.29) is 12.2 Å². The lowest BCUT2D eigenvalue weighted by Crippen LogP contribution is -2.37. The first kappa shape index (κ1) is 16.1. The number of fused-ring (bicyclic) bond motifs is 1. The molecule has 0 bridgehead atoms. The highest BCUT2D eigenvalue weighted by Gasteiger charge is 2.40. The molecule has 3 aromatic rings. The first-order valence-electron chi connectivity index (χ1n) is 8.24. The molecule has 130 valence electrons. The molecule has 6 nitrogen and oxygen atoms in total. The topological polar surface area (TPSA) is 79.5 Å². The number of hydrogen-bond acceptors (Lipinski definition) is 4. The second kappa shape index (κ2) is 6.15. The van der Waals surface area contributed by atoms with Crippen LogP contribution in [0.1, 0.15) is 27.5 Å². The van der Waals surface area contributed by atoms with Crippen molar-refractivity contribution >= 4 is 22.9 Å². The van der Waals surface area contributed by atoms with Crippen molar-refractivity contribution in [2.45, 2.75) is 13.0 Å². The van der Waals surface area contributed by atoms with Gasteiger partial charge in [0.2, 0.25) is 5.43 Å². The van der Waals surface area contributed by atoms with Crippen LogP contribution in [0.15, 0.2) is 59.5 Å². The van der Waals surface area contributed by atoms with Crippen LogP contribution in [-0.4, -0.2) is 28.5 Å². The van der Waals surface area contributed by atoms with Crippen LogP contribution in [0.5, 0.6) is 0 Å². The number of aromatic amines is 1. The molecule has 6 heteroatoms. The standard InChI is InChI=1S/C20H16N2O4/c1-12-6-5-9-14-17(12)21-10-15(18(14)23)19(24)22-16(11-26-20(22)25)13-7-3-2-4-8-13/h2-10,16H,11H2,1H3,(H,21,23). The Hall–Kier alpha value is -3.41. The van der Waals surface area contributed by atoms with Crippen molar-refractivity contribution in [3.05, 3.63) is 81.6 Å². The van der Waals surface area contributed by atoms with Gasteiger partial charge in [0.15, 0.2) is 0 Å². The van der Waals surface area contributed by atoms with E-state index in [1.807, 2.05) is 43.3 Å². The Labute approximate surface area is 149 Å². The number of cyclic esters (lactones) is 1. The largest absolute Gasteiger partial charge is 0.446 e. The number of aromatic nitrogens is 1. The first-order valence-corrected chi connectivity index (χ1v) is 8.24. The number of aryl methyl sites for hydroxylation is 1. The number of benzene rings is 2. The zero-order chi connectivity index (χ0) is 18.3. The molecule has 1 atom stereocenters. The highest BCUT2D eigenvalue weighted by atomic mass is 16.6. The van der Waals surface area contributed by atoms with Crippen LogP contribution in [0.4, 0.5) is 4.79 Å².